The summed E-state index contributed by atoms with van der Waals surface area (Å²) in [6.07, 6.45) is 0. The molecule has 84 valence electrons. The van der Waals surface area contributed by atoms with Crippen molar-refractivity contribution in [3.8, 4) is 0 Å². The molecular formula is C9H11F2NO2S. The van der Waals surface area contributed by atoms with Gasteiger partial charge in [-0.3, -0.25) is 0 Å². The molecule has 1 rings (SSSR count). The maximum absolute atomic E-state index is 12.8. The van der Waals surface area contributed by atoms with E-state index in [1.54, 1.807) is 0 Å². The van der Waals surface area contributed by atoms with Crippen molar-refractivity contribution in [2.45, 2.75) is 5.75 Å². The Bertz CT molecular complexity index is 437. The molecule has 0 saturated heterocycles. The lowest BCUT2D eigenvalue weighted by Gasteiger charge is -2.11. The van der Waals surface area contributed by atoms with E-state index in [1.165, 1.54) is 14.1 Å². The summed E-state index contributed by atoms with van der Waals surface area (Å²) in [6.45, 7) is 0. The summed E-state index contributed by atoms with van der Waals surface area (Å²) < 4.78 is 49.3. The van der Waals surface area contributed by atoms with Gasteiger partial charge >= 0.3 is 0 Å². The van der Waals surface area contributed by atoms with Gasteiger partial charge in [-0.15, -0.1) is 0 Å². The van der Waals surface area contributed by atoms with Crippen LogP contribution in [-0.2, 0) is 15.8 Å². The molecule has 6 heteroatoms. The minimum Gasteiger partial charge on any atom is -0.212 e. The molecule has 0 amide bonds. The summed E-state index contributed by atoms with van der Waals surface area (Å²) in [6, 6.07) is 2.71. The summed E-state index contributed by atoms with van der Waals surface area (Å²) in [5.41, 5.74) is 0.0983. The monoisotopic (exact) mass is 235 g/mol. The van der Waals surface area contributed by atoms with Crippen LogP contribution in [0.2, 0.25) is 0 Å². The molecule has 15 heavy (non-hydrogen) atoms. The van der Waals surface area contributed by atoms with Gasteiger partial charge in [0.05, 0.1) is 5.75 Å². The van der Waals surface area contributed by atoms with Crippen LogP contribution >= 0.6 is 0 Å². The van der Waals surface area contributed by atoms with Crippen molar-refractivity contribution in [1.82, 2.24) is 4.31 Å². The van der Waals surface area contributed by atoms with E-state index in [2.05, 4.69) is 0 Å². The third-order valence-electron chi connectivity index (χ3n) is 1.83. The van der Waals surface area contributed by atoms with Gasteiger partial charge in [0.15, 0.2) is 0 Å². The second-order valence-electron chi connectivity index (χ2n) is 3.32. The second kappa shape index (κ2) is 4.24. The van der Waals surface area contributed by atoms with Gasteiger partial charge in [0.2, 0.25) is 10.0 Å². The van der Waals surface area contributed by atoms with E-state index in [-0.39, 0.29) is 5.56 Å². The van der Waals surface area contributed by atoms with Gasteiger partial charge in [-0.2, -0.15) is 0 Å². The highest BCUT2D eigenvalue weighted by atomic mass is 32.2. The Morgan fingerprint density at radius 3 is 2.00 bits per heavy atom. The van der Waals surface area contributed by atoms with Crippen molar-refractivity contribution < 1.29 is 17.2 Å². The molecule has 0 saturated carbocycles. The topological polar surface area (TPSA) is 37.4 Å². The fraction of sp³-hybridized carbons (Fsp3) is 0.333. The smallest absolute Gasteiger partial charge is 0.212 e. The maximum atomic E-state index is 12.8. The normalized spacial score (nSPS) is 12.1. The van der Waals surface area contributed by atoms with Gasteiger partial charge in [0.1, 0.15) is 11.6 Å². The summed E-state index contributed by atoms with van der Waals surface area (Å²) in [5, 5.41) is 0. The Hall–Kier alpha value is -1.01. The highest BCUT2D eigenvalue weighted by molar-refractivity contribution is 7.88. The Kier molecular flexibility index (Phi) is 3.41. The fourth-order valence-electron chi connectivity index (χ4n) is 1.03. The Morgan fingerprint density at radius 1 is 1.13 bits per heavy atom. The molecule has 0 bridgehead atoms. The first-order chi connectivity index (χ1) is 6.81. The van der Waals surface area contributed by atoms with Crippen LogP contribution in [-0.4, -0.2) is 26.8 Å². The highest BCUT2D eigenvalue weighted by Crippen LogP contribution is 2.12. The number of hydrogen-bond acceptors (Lipinski definition) is 2. The SMILES string of the molecule is CN(C)S(=O)(=O)Cc1cc(F)cc(F)c1. The lowest BCUT2D eigenvalue weighted by atomic mass is 10.2. The van der Waals surface area contributed by atoms with Gasteiger partial charge in [-0.25, -0.2) is 21.5 Å². The van der Waals surface area contributed by atoms with Gasteiger partial charge in [0.25, 0.3) is 0 Å². The van der Waals surface area contributed by atoms with E-state index in [0.717, 1.165) is 16.4 Å². The van der Waals surface area contributed by atoms with Crippen LogP contribution in [0.1, 0.15) is 5.56 Å². The van der Waals surface area contributed by atoms with Crippen molar-refractivity contribution in [3.63, 3.8) is 0 Å². The van der Waals surface area contributed by atoms with Crippen molar-refractivity contribution in [2.75, 3.05) is 14.1 Å². The maximum Gasteiger partial charge on any atom is 0.217 e. The molecule has 0 aliphatic carbocycles. The molecule has 0 fully saturated rings. The number of sulfonamides is 1. The first kappa shape index (κ1) is 12.1. The van der Waals surface area contributed by atoms with Crippen molar-refractivity contribution in [2.24, 2.45) is 0 Å². The number of hydrogen-bond donors (Lipinski definition) is 0. The van der Waals surface area contributed by atoms with E-state index in [9.17, 15) is 17.2 Å². The van der Waals surface area contributed by atoms with Crippen LogP contribution in [0.4, 0.5) is 8.78 Å². The Balaban J connectivity index is 3.00. The average Bonchev–Trinajstić information content (AvgIpc) is 1.99. The first-order valence-corrected chi connectivity index (χ1v) is 5.77. The zero-order valence-electron chi connectivity index (χ0n) is 8.37. The molecule has 0 spiro atoms. The van der Waals surface area contributed by atoms with Crippen LogP contribution in [0.5, 0.6) is 0 Å². The van der Waals surface area contributed by atoms with Crippen molar-refractivity contribution in [1.29, 1.82) is 0 Å². The molecule has 0 aliphatic heterocycles. The van der Waals surface area contributed by atoms with E-state index in [0.29, 0.717) is 6.07 Å². The van der Waals surface area contributed by atoms with Gasteiger partial charge in [-0.05, 0) is 17.7 Å². The predicted octanol–water partition coefficient (Wildman–Crippen LogP) is 1.36. The number of nitrogens with zero attached hydrogens (tertiary/aromatic N) is 1. The van der Waals surface area contributed by atoms with Crippen LogP contribution in [0.25, 0.3) is 0 Å². The quantitative estimate of drug-likeness (QED) is 0.793. The molecule has 0 radical (unpaired) electrons. The molecule has 0 unspecified atom stereocenters. The van der Waals surface area contributed by atoms with Crippen LogP contribution in [0, 0.1) is 11.6 Å². The van der Waals surface area contributed by atoms with E-state index in [4.69, 9.17) is 0 Å². The average molecular weight is 235 g/mol. The van der Waals surface area contributed by atoms with Crippen LogP contribution in [0.15, 0.2) is 18.2 Å². The standard InChI is InChI=1S/C9H11F2NO2S/c1-12(2)15(13,14)6-7-3-8(10)5-9(11)4-7/h3-5H,6H2,1-2H3. The van der Waals surface area contributed by atoms with Gasteiger partial charge < -0.3 is 0 Å². The fourth-order valence-corrected chi connectivity index (χ4v) is 1.88. The number of rotatable bonds is 3. The van der Waals surface area contributed by atoms with Gasteiger partial charge in [0, 0.05) is 20.2 Å². The van der Waals surface area contributed by atoms with Crippen molar-refractivity contribution >= 4 is 10.0 Å². The van der Waals surface area contributed by atoms with Crippen LogP contribution < -0.4 is 0 Å². The van der Waals surface area contributed by atoms with E-state index in [1.807, 2.05) is 0 Å². The molecule has 1 aromatic carbocycles. The van der Waals surface area contributed by atoms with Gasteiger partial charge in [-0.1, -0.05) is 0 Å². The molecular weight excluding hydrogens is 224 g/mol. The molecule has 0 heterocycles. The van der Waals surface area contributed by atoms with Crippen LogP contribution in [0.3, 0.4) is 0 Å². The number of halogens is 2. The highest BCUT2D eigenvalue weighted by Gasteiger charge is 2.15. The third kappa shape index (κ3) is 3.24. The molecule has 1 aromatic rings. The van der Waals surface area contributed by atoms with E-state index < -0.39 is 27.4 Å². The zero-order valence-corrected chi connectivity index (χ0v) is 9.18. The predicted molar refractivity (Wildman–Crippen MR) is 52.7 cm³/mol. The first-order valence-electron chi connectivity index (χ1n) is 4.16. The summed E-state index contributed by atoms with van der Waals surface area (Å²) >= 11 is 0. The molecule has 0 atom stereocenters. The third-order valence-corrected chi connectivity index (χ3v) is 3.64. The summed E-state index contributed by atoms with van der Waals surface area (Å²) in [4.78, 5) is 0. The Labute approximate surface area is 87.4 Å². The lowest BCUT2D eigenvalue weighted by molar-refractivity contribution is 0.519. The van der Waals surface area contributed by atoms with E-state index >= 15 is 0 Å². The summed E-state index contributed by atoms with van der Waals surface area (Å²) in [7, 11) is -0.753. The lowest BCUT2D eigenvalue weighted by Crippen LogP contribution is -2.23. The molecule has 0 aromatic heterocycles. The van der Waals surface area contributed by atoms with Crippen molar-refractivity contribution in [3.05, 3.63) is 35.4 Å². The minimum absolute atomic E-state index is 0.0983. The molecule has 0 N–H and O–H groups in total. The largest absolute Gasteiger partial charge is 0.217 e. The molecule has 0 aliphatic rings. The Morgan fingerprint density at radius 2 is 1.60 bits per heavy atom. The summed E-state index contributed by atoms with van der Waals surface area (Å²) in [5.74, 6) is -1.97. The second-order valence-corrected chi connectivity index (χ2v) is 5.50. The number of benzene rings is 1. The minimum atomic E-state index is -3.48. The molecule has 3 nitrogen and oxygen atoms in total. The zero-order chi connectivity index (χ0) is 11.6.